The maximum Gasteiger partial charge on any atom is 0.411 e. The van der Waals surface area contributed by atoms with Crippen molar-refractivity contribution in [2.45, 2.75) is 76.9 Å². The summed E-state index contributed by atoms with van der Waals surface area (Å²) in [6, 6.07) is 0. The molecule has 1 saturated carbocycles. The minimum absolute atomic E-state index is 0.0519. The second kappa shape index (κ2) is 6.11. The van der Waals surface area contributed by atoms with Crippen molar-refractivity contribution in [2.24, 2.45) is 11.8 Å². The molecular weight excluding hydrogens is 342 g/mol. The molecule has 3 fully saturated rings. The number of likely N-dealkylation sites (tertiary alicyclic amines) is 1. The number of fused-ring (bicyclic) bond motifs is 1. The van der Waals surface area contributed by atoms with Gasteiger partial charge in [-0.25, -0.2) is 9.59 Å². The SMILES string of the molecule is CC(=O)OC1C(=O)O[C@@H]2[C@H](C)C[C@@H]3CCN(C(=O)OC(C)(C)C)[C@]13[C@@H]2O. The van der Waals surface area contributed by atoms with Gasteiger partial charge in [0.15, 0.2) is 0 Å². The number of hydrogen-bond acceptors (Lipinski definition) is 7. The Morgan fingerprint density at radius 3 is 2.58 bits per heavy atom. The van der Waals surface area contributed by atoms with Crippen LogP contribution < -0.4 is 0 Å². The number of nitrogens with zero attached hydrogens (tertiary/aromatic N) is 1. The first kappa shape index (κ1) is 18.9. The first-order valence-corrected chi connectivity index (χ1v) is 9.05. The van der Waals surface area contributed by atoms with Crippen molar-refractivity contribution in [1.29, 1.82) is 0 Å². The van der Waals surface area contributed by atoms with Crippen molar-refractivity contribution in [3.63, 3.8) is 0 Å². The number of amides is 1. The van der Waals surface area contributed by atoms with Crippen LogP contribution in [0.25, 0.3) is 0 Å². The molecule has 146 valence electrons. The Kier molecular flexibility index (Phi) is 4.45. The Hall–Kier alpha value is -1.83. The largest absolute Gasteiger partial charge is 0.456 e. The Morgan fingerprint density at radius 1 is 1.35 bits per heavy atom. The molecule has 1 unspecified atom stereocenters. The van der Waals surface area contributed by atoms with Gasteiger partial charge in [0.1, 0.15) is 23.3 Å². The highest BCUT2D eigenvalue weighted by atomic mass is 16.6. The molecule has 3 rings (SSSR count). The van der Waals surface area contributed by atoms with Gasteiger partial charge in [0.2, 0.25) is 6.10 Å². The van der Waals surface area contributed by atoms with Crippen molar-refractivity contribution in [2.75, 3.05) is 6.54 Å². The molecule has 8 nitrogen and oxygen atoms in total. The van der Waals surface area contributed by atoms with Gasteiger partial charge >= 0.3 is 18.0 Å². The molecule has 2 bridgehead atoms. The molecule has 1 aliphatic carbocycles. The van der Waals surface area contributed by atoms with Gasteiger partial charge in [-0.2, -0.15) is 0 Å². The zero-order chi connectivity index (χ0) is 19.4. The number of aliphatic hydroxyl groups excluding tert-OH is 1. The monoisotopic (exact) mass is 369 g/mol. The van der Waals surface area contributed by atoms with Crippen LogP contribution in [0, 0.1) is 11.8 Å². The Labute approximate surface area is 152 Å². The van der Waals surface area contributed by atoms with Crippen molar-refractivity contribution < 1.29 is 33.7 Å². The summed E-state index contributed by atoms with van der Waals surface area (Å²) in [5.41, 5.74) is -2.08. The predicted octanol–water partition coefficient (Wildman–Crippen LogP) is 1.24. The Bertz CT molecular complexity index is 628. The molecule has 1 N–H and O–H groups in total. The highest BCUT2D eigenvalue weighted by Crippen LogP contribution is 2.53. The molecule has 0 aromatic carbocycles. The van der Waals surface area contributed by atoms with Crippen LogP contribution in [0.4, 0.5) is 4.79 Å². The number of carbonyl (C=O) groups excluding carboxylic acids is 3. The van der Waals surface area contributed by atoms with E-state index in [1.807, 2.05) is 6.92 Å². The minimum atomic E-state index is -1.36. The lowest BCUT2D eigenvalue weighted by atomic mass is 9.62. The lowest BCUT2D eigenvalue weighted by Gasteiger charge is -2.57. The number of esters is 2. The van der Waals surface area contributed by atoms with Gasteiger partial charge in [-0.05, 0) is 45.4 Å². The fraction of sp³-hybridized carbons (Fsp3) is 0.833. The summed E-state index contributed by atoms with van der Waals surface area (Å²) >= 11 is 0. The van der Waals surface area contributed by atoms with E-state index >= 15 is 0 Å². The maximum atomic E-state index is 12.9. The van der Waals surface area contributed by atoms with Gasteiger partial charge in [-0.3, -0.25) is 9.69 Å². The van der Waals surface area contributed by atoms with E-state index in [9.17, 15) is 19.5 Å². The third-order valence-corrected chi connectivity index (χ3v) is 5.61. The maximum absolute atomic E-state index is 12.9. The molecule has 6 atom stereocenters. The van der Waals surface area contributed by atoms with Crippen LogP contribution in [-0.4, -0.2) is 64.0 Å². The van der Waals surface area contributed by atoms with Crippen molar-refractivity contribution >= 4 is 18.0 Å². The fourth-order valence-corrected chi connectivity index (χ4v) is 4.75. The van der Waals surface area contributed by atoms with Crippen molar-refractivity contribution in [1.82, 2.24) is 4.90 Å². The van der Waals surface area contributed by atoms with Crippen LogP contribution in [0.1, 0.15) is 47.5 Å². The molecule has 3 aliphatic rings. The average molecular weight is 369 g/mol. The van der Waals surface area contributed by atoms with Gasteiger partial charge in [0.05, 0.1) is 0 Å². The Morgan fingerprint density at radius 2 is 2.00 bits per heavy atom. The van der Waals surface area contributed by atoms with Crippen LogP contribution in [-0.2, 0) is 23.8 Å². The van der Waals surface area contributed by atoms with Crippen LogP contribution >= 0.6 is 0 Å². The van der Waals surface area contributed by atoms with E-state index in [2.05, 4.69) is 0 Å². The number of rotatable bonds is 1. The first-order chi connectivity index (χ1) is 12.0. The second-order valence-electron chi connectivity index (χ2n) is 8.55. The average Bonchev–Trinajstić information content (AvgIpc) is 2.85. The summed E-state index contributed by atoms with van der Waals surface area (Å²) in [7, 11) is 0. The van der Waals surface area contributed by atoms with Crippen LogP contribution in [0.15, 0.2) is 0 Å². The smallest absolute Gasteiger partial charge is 0.411 e. The van der Waals surface area contributed by atoms with Gasteiger partial charge < -0.3 is 19.3 Å². The zero-order valence-electron chi connectivity index (χ0n) is 15.9. The van der Waals surface area contributed by atoms with E-state index in [4.69, 9.17) is 14.2 Å². The van der Waals surface area contributed by atoms with E-state index in [-0.39, 0.29) is 11.8 Å². The third-order valence-electron chi connectivity index (χ3n) is 5.61. The molecule has 8 heteroatoms. The molecule has 2 heterocycles. The lowest BCUT2D eigenvalue weighted by Crippen LogP contribution is -2.77. The highest BCUT2D eigenvalue weighted by Gasteiger charge is 2.72. The van der Waals surface area contributed by atoms with Gasteiger partial charge in [0.25, 0.3) is 0 Å². The van der Waals surface area contributed by atoms with Crippen LogP contribution in [0.3, 0.4) is 0 Å². The minimum Gasteiger partial charge on any atom is -0.456 e. The van der Waals surface area contributed by atoms with Gasteiger partial charge in [-0.1, -0.05) is 6.92 Å². The standard InChI is InChI=1S/C18H27NO7/c1-9-8-11-6-7-19(16(23)26-17(3,4)5)18(11)13(21)12(9)25-15(22)14(18)24-10(2)20/h9,11-14,21H,6-8H2,1-5H3/t9-,11+,12-,13-,14?,18-/m1/s1. The molecule has 0 aromatic heterocycles. The second-order valence-corrected chi connectivity index (χ2v) is 8.55. The number of hydrogen-bond donors (Lipinski definition) is 1. The topological polar surface area (TPSA) is 102 Å². The van der Waals surface area contributed by atoms with Crippen LogP contribution in [0.5, 0.6) is 0 Å². The number of aliphatic hydroxyl groups is 1. The lowest BCUT2D eigenvalue weighted by molar-refractivity contribution is -0.243. The van der Waals surface area contributed by atoms with E-state index in [0.29, 0.717) is 19.4 Å². The van der Waals surface area contributed by atoms with E-state index < -0.39 is 47.5 Å². The van der Waals surface area contributed by atoms with Gasteiger partial charge in [-0.15, -0.1) is 0 Å². The van der Waals surface area contributed by atoms with E-state index in [1.165, 1.54) is 11.8 Å². The molecule has 26 heavy (non-hydrogen) atoms. The van der Waals surface area contributed by atoms with E-state index in [0.717, 1.165) is 0 Å². The third kappa shape index (κ3) is 2.74. The fourth-order valence-electron chi connectivity index (χ4n) is 4.75. The summed E-state index contributed by atoms with van der Waals surface area (Å²) in [6.07, 6.45) is -2.62. The summed E-state index contributed by atoms with van der Waals surface area (Å²) in [5, 5.41) is 11.1. The molecule has 0 radical (unpaired) electrons. The van der Waals surface area contributed by atoms with Gasteiger partial charge in [0, 0.05) is 13.5 Å². The molecule has 0 aromatic rings. The zero-order valence-corrected chi connectivity index (χ0v) is 15.9. The van der Waals surface area contributed by atoms with Crippen LogP contribution in [0.2, 0.25) is 0 Å². The summed E-state index contributed by atoms with van der Waals surface area (Å²) in [6.45, 7) is 8.66. The summed E-state index contributed by atoms with van der Waals surface area (Å²) in [5.74, 6) is -1.62. The summed E-state index contributed by atoms with van der Waals surface area (Å²) < 4.78 is 16.2. The first-order valence-electron chi connectivity index (χ1n) is 9.05. The normalized spacial score (nSPS) is 39.1. The molecule has 2 aliphatic heterocycles. The predicted molar refractivity (Wildman–Crippen MR) is 89.0 cm³/mol. The quantitative estimate of drug-likeness (QED) is 0.548. The molecular formula is C18H27NO7. The molecule has 2 saturated heterocycles. The van der Waals surface area contributed by atoms with Crippen molar-refractivity contribution in [3.8, 4) is 0 Å². The number of carbonyl (C=O) groups is 3. The van der Waals surface area contributed by atoms with Crippen molar-refractivity contribution in [3.05, 3.63) is 0 Å². The Balaban J connectivity index is 2.07. The molecule has 1 spiro atoms. The van der Waals surface area contributed by atoms with E-state index in [1.54, 1.807) is 20.8 Å². The summed E-state index contributed by atoms with van der Waals surface area (Å²) in [4.78, 5) is 38.5. The molecule has 1 amide bonds. The number of ether oxygens (including phenoxy) is 3. The highest BCUT2D eigenvalue weighted by molar-refractivity contribution is 5.84.